The third kappa shape index (κ3) is 2.98. The first kappa shape index (κ1) is 13.2. The minimum Gasteiger partial charge on any atom is -0.369 e. The van der Waals surface area contributed by atoms with E-state index in [2.05, 4.69) is 51.4 Å². The van der Waals surface area contributed by atoms with E-state index in [9.17, 15) is 0 Å². The van der Waals surface area contributed by atoms with E-state index in [0.29, 0.717) is 6.04 Å². The van der Waals surface area contributed by atoms with E-state index in [4.69, 9.17) is 0 Å². The van der Waals surface area contributed by atoms with Crippen molar-refractivity contribution in [1.82, 2.24) is 5.32 Å². The summed E-state index contributed by atoms with van der Waals surface area (Å²) < 4.78 is 1.21. The number of hydrogen-bond acceptors (Lipinski definition) is 3. The molecule has 0 aliphatic carbocycles. The highest BCUT2D eigenvalue weighted by atomic mass is 79.9. The van der Waals surface area contributed by atoms with Crippen LogP contribution in [0.1, 0.15) is 12.8 Å². The fourth-order valence-electron chi connectivity index (χ4n) is 2.23. The van der Waals surface area contributed by atoms with Crippen LogP contribution in [0, 0.1) is 0 Å². The first-order valence-corrected chi connectivity index (χ1v) is 7.80. The molecule has 17 heavy (non-hydrogen) atoms. The highest BCUT2D eigenvalue weighted by Crippen LogP contribution is 2.42. The summed E-state index contributed by atoms with van der Waals surface area (Å²) in [6.45, 7) is 1.11. The highest BCUT2D eigenvalue weighted by Gasteiger charge is 2.24. The van der Waals surface area contributed by atoms with E-state index in [1.165, 1.54) is 33.7 Å². The Morgan fingerprint density at radius 1 is 1.53 bits per heavy atom. The lowest BCUT2D eigenvalue weighted by atomic mass is 10.1. The molecule has 1 aliphatic rings. The van der Waals surface area contributed by atoms with E-state index in [0.717, 1.165) is 6.54 Å². The summed E-state index contributed by atoms with van der Waals surface area (Å²) in [5.41, 5.74) is 1.36. The number of thioether (sulfide) groups is 1. The van der Waals surface area contributed by atoms with E-state index >= 15 is 0 Å². The van der Waals surface area contributed by atoms with Crippen LogP contribution in [0.3, 0.4) is 0 Å². The van der Waals surface area contributed by atoms with Crippen molar-refractivity contribution >= 4 is 33.4 Å². The Kier molecular flexibility index (Phi) is 4.77. The molecule has 1 aromatic rings. The van der Waals surface area contributed by atoms with E-state index in [1.807, 2.05) is 18.8 Å². The van der Waals surface area contributed by atoms with Crippen molar-refractivity contribution in [3.8, 4) is 0 Å². The number of fused-ring (bicyclic) bond motifs is 1. The number of para-hydroxylation sites is 1. The monoisotopic (exact) mass is 314 g/mol. The Hall–Kier alpha value is -0.190. The Labute approximate surface area is 116 Å². The molecule has 1 heterocycles. The van der Waals surface area contributed by atoms with Crippen LogP contribution < -0.4 is 10.2 Å². The maximum Gasteiger partial charge on any atom is 0.0648 e. The standard InChI is InChI=1S/C13H19BrN2S/c1-15-8-4-5-10-9-17-12-7-3-6-11(14)13(12)16(10)2/h3,6-7,10,15H,4-5,8-9H2,1-2H3. The second kappa shape index (κ2) is 6.12. The smallest absolute Gasteiger partial charge is 0.0648 e. The van der Waals surface area contributed by atoms with Crippen molar-refractivity contribution in [2.24, 2.45) is 0 Å². The number of benzene rings is 1. The second-order valence-corrected chi connectivity index (χ2v) is 6.32. The molecule has 0 aromatic heterocycles. The quantitative estimate of drug-likeness (QED) is 0.858. The van der Waals surface area contributed by atoms with Gasteiger partial charge in [-0.25, -0.2) is 0 Å². The minimum absolute atomic E-state index is 0.652. The molecular formula is C13H19BrN2S. The number of hydrogen-bond donors (Lipinski definition) is 1. The lowest BCUT2D eigenvalue weighted by Gasteiger charge is -2.36. The number of nitrogens with zero attached hydrogens (tertiary/aromatic N) is 1. The molecule has 2 rings (SSSR count). The molecule has 0 amide bonds. The van der Waals surface area contributed by atoms with Gasteiger partial charge in [0.05, 0.1) is 5.69 Å². The maximum atomic E-state index is 3.66. The molecule has 0 saturated carbocycles. The lowest BCUT2D eigenvalue weighted by Crippen LogP contribution is -2.37. The van der Waals surface area contributed by atoms with E-state index in [-0.39, 0.29) is 0 Å². The number of halogens is 1. The summed E-state index contributed by atoms with van der Waals surface area (Å²) in [6.07, 6.45) is 2.50. The SMILES string of the molecule is CNCCCC1CSc2cccc(Br)c2N1C. The zero-order valence-corrected chi connectivity index (χ0v) is 12.8. The third-order valence-corrected chi connectivity index (χ3v) is 5.08. The Morgan fingerprint density at radius 3 is 3.12 bits per heavy atom. The first-order valence-electron chi connectivity index (χ1n) is 6.02. The Morgan fingerprint density at radius 2 is 2.35 bits per heavy atom. The molecule has 94 valence electrons. The predicted molar refractivity (Wildman–Crippen MR) is 80.2 cm³/mol. The van der Waals surface area contributed by atoms with Crippen LogP contribution in [0.25, 0.3) is 0 Å². The summed E-state index contributed by atoms with van der Waals surface area (Å²) in [6, 6.07) is 7.11. The van der Waals surface area contributed by atoms with Gasteiger partial charge < -0.3 is 10.2 Å². The Bertz CT molecular complexity index is 384. The van der Waals surface area contributed by atoms with Crippen molar-refractivity contribution in [2.45, 2.75) is 23.8 Å². The van der Waals surface area contributed by atoms with Crippen LogP contribution in [-0.2, 0) is 0 Å². The summed E-state index contributed by atoms with van der Waals surface area (Å²) in [5, 5.41) is 3.22. The second-order valence-electron chi connectivity index (χ2n) is 4.41. The first-order chi connectivity index (χ1) is 8.24. The third-order valence-electron chi connectivity index (χ3n) is 3.25. The largest absolute Gasteiger partial charge is 0.369 e. The molecule has 1 atom stereocenters. The summed E-state index contributed by atoms with van der Waals surface area (Å²) >= 11 is 5.65. The summed E-state index contributed by atoms with van der Waals surface area (Å²) in [5.74, 6) is 1.20. The van der Waals surface area contributed by atoms with Crippen LogP contribution in [0.5, 0.6) is 0 Å². The van der Waals surface area contributed by atoms with E-state index < -0.39 is 0 Å². The van der Waals surface area contributed by atoms with Gasteiger partial charge in [-0.1, -0.05) is 6.07 Å². The van der Waals surface area contributed by atoms with Crippen molar-refractivity contribution in [2.75, 3.05) is 31.3 Å². The minimum atomic E-state index is 0.652. The Balaban J connectivity index is 2.09. The van der Waals surface area contributed by atoms with Gasteiger partial charge in [0.1, 0.15) is 0 Å². The zero-order chi connectivity index (χ0) is 12.3. The lowest BCUT2D eigenvalue weighted by molar-refractivity contribution is 0.577. The molecule has 4 heteroatoms. The average molecular weight is 315 g/mol. The normalized spacial score (nSPS) is 19.2. The van der Waals surface area contributed by atoms with Gasteiger partial charge in [-0.05, 0) is 54.5 Å². The molecule has 0 spiro atoms. The number of nitrogens with one attached hydrogen (secondary N) is 1. The molecule has 1 N–H and O–H groups in total. The van der Waals surface area contributed by atoms with Crippen LogP contribution in [0.2, 0.25) is 0 Å². The zero-order valence-electron chi connectivity index (χ0n) is 10.4. The van der Waals surface area contributed by atoms with Gasteiger partial charge in [-0.15, -0.1) is 11.8 Å². The summed E-state index contributed by atoms with van der Waals surface area (Å²) in [7, 11) is 4.23. The molecule has 2 nitrogen and oxygen atoms in total. The van der Waals surface area contributed by atoms with Crippen LogP contribution in [0.4, 0.5) is 5.69 Å². The molecule has 0 radical (unpaired) electrons. The van der Waals surface area contributed by atoms with E-state index in [1.54, 1.807) is 0 Å². The van der Waals surface area contributed by atoms with Gasteiger partial charge >= 0.3 is 0 Å². The van der Waals surface area contributed by atoms with Gasteiger partial charge in [0.15, 0.2) is 0 Å². The number of rotatable bonds is 4. The molecule has 0 fully saturated rings. The van der Waals surface area contributed by atoms with Gasteiger partial charge in [-0.2, -0.15) is 0 Å². The molecule has 1 aliphatic heterocycles. The van der Waals surface area contributed by atoms with Crippen molar-refractivity contribution < 1.29 is 0 Å². The van der Waals surface area contributed by atoms with Gasteiger partial charge in [0.25, 0.3) is 0 Å². The number of anilines is 1. The molecule has 0 bridgehead atoms. The predicted octanol–water partition coefficient (Wildman–Crippen LogP) is 3.36. The highest BCUT2D eigenvalue weighted by molar-refractivity contribution is 9.10. The van der Waals surface area contributed by atoms with Crippen molar-refractivity contribution in [3.05, 3.63) is 22.7 Å². The van der Waals surface area contributed by atoms with Gasteiger partial charge in [0.2, 0.25) is 0 Å². The molecule has 1 unspecified atom stereocenters. The van der Waals surface area contributed by atoms with Crippen LogP contribution in [0.15, 0.2) is 27.6 Å². The molecular weight excluding hydrogens is 296 g/mol. The van der Waals surface area contributed by atoms with Gasteiger partial charge in [-0.3, -0.25) is 0 Å². The summed E-state index contributed by atoms with van der Waals surface area (Å²) in [4.78, 5) is 3.83. The maximum absolute atomic E-state index is 3.66. The molecule has 1 aromatic carbocycles. The van der Waals surface area contributed by atoms with Crippen molar-refractivity contribution in [1.29, 1.82) is 0 Å². The molecule has 0 saturated heterocycles. The van der Waals surface area contributed by atoms with Crippen LogP contribution in [-0.4, -0.2) is 32.4 Å². The average Bonchev–Trinajstić information content (AvgIpc) is 2.32. The van der Waals surface area contributed by atoms with Crippen molar-refractivity contribution in [3.63, 3.8) is 0 Å². The topological polar surface area (TPSA) is 15.3 Å². The van der Waals surface area contributed by atoms with Gasteiger partial charge in [0, 0.05) is 28.2 Å². The fraction of sp³-hybridized carbons (Fsp3) is 0.538. The van der Waals surface area contributed by atoms with Crippen LogP contribution >= 0.6 is 27.7 Å². The fourth-order valence-corrected chi connectivity index (χ4v) is 4.33.